The molecule has 5 nitrogen and oxygen atoms in total. The lowest BCUT2D eigenvalue weighted by atomic mass is 9.89. The number of amides is 1. The van der Waals surface area contributed by atoms with Crippen molar-refractivity contribution in [3.05, 3.63) is 11.7 Å². The lowest BCUT2D eigenvalue weighted by Crippen LogP contribution is -2.47. The number of nitrogens with zero attached hydrogens (tertiary/aromatic N) is 2. The number of carbonyl (C=O) groups is 1. The summed E-state index contributed by atoms with van der Waals surface area (Å²) in [5, 5.41) is 6.99. The van der Waals surface area contributed by atoms with E-state index < -0.39 is 5.54 Å². The van der Waals surface area contributed by atoms with Gasteiger partial charge in [-0.25, -0.2) is 0 Å². The van der Waals surface area contributed by atoms with Crippen LogP contribution < -0.4 is 5.32 Å². The van der Waals surface area contributed by atoms with Crippen molar-refractivity contribution >= 4 is 17.5 Å². The quantitative estimate of drug-likeness (QED) is 0.676. The summed E-state index contributed by atoms with van der Waals surface area (Å²) in [6.07, 6.45) is 6.14. The molecular weight excluding hydrogens is 254 g/mol. The zero-order valence-electron chi connectivity index (χ0n) is 10.5. The Hall–Kier alpha value is -1.10. The highest BCUT2D eigenvalue weighted by molar-refractivity contribution is 6.27. The van der Waals surface area contributed by atoms with E-state index in [2.05, 4.69) is 15.5 Å². The van der Waals surface area contributed by atoms with Gasteiger partial charge in [-0.3, -0.25) is 4.79 Å². The molecule has 1 saturated carbocycles. The molecule has 18 heavy (non-hydrogen) atoms. The summed E-state index contributed by atoms with van der Waals surface area (Å²) >= 11 is 5.59. The highest BCUT2D eigenvalue weighted by Crippen LogP contribution is 2.34. The molecule has 1 N–H and O–H groups in total. The van der Waals surface area contributed by atoms with Crippen LogP contribution in [0.1, 0.15) is 50.2 Å². The number of hydrogen-bond acceptors (Lipinski definition) is 4. The van der Waals surface area contributed by atoms with E-state index in [-0.39, 0.29) is 11.8 Å². The van der Waals surface area contributed by atoms with Crippen molar-refractivity contribution in [1.29, 1.82) is 0 Å². The second-order valence-electron chi connectivity index (χ2n) is 4.82. The molecule has 0 unspecified atom stereocenters. The van der Waals surface area contributed by atoms with Gasteiger partial charge in [0, 0.05) is 6.92 Å². The van der Waals surface area contributed by atoms with E-state index >= 15 is 0 Å². The minimum Gasteiger partial charge on any atom is -0.342 e. The highest BCUT2D eigenvalue weighted by atomic mass is 35.5. The lowest BCUT2D eigenvalue weighted by Gasteiger charge is -2.30. The predicted octanol–water partition coefficient (Wildman–Crippen LogP) is 2.28. The molecule has 1 heterocycles. The fourth-order valence-corrected chi connectivity index (χ4v) is 2.60. The molecule has 1 aliphatic rings. The molecule has 0 aliphatic heterocycles. The molecule has 0 atom stereocenters. The Labute approximate surface area is 111 Å². The van der Waals surface area contributed by atoms with Crippen LogP contribution in [-0.4, -0.2) is 21.9 Å². The Morgan fingerprint density at radius 3 is 2.56 bits per heavy atom. The van der Waals surface area contributed by atoms with E-state index in [1.165, 1.54) is 12.8 Å². The van der Waals surface area contributed by atoms with E-state index in [0.29, 0.717) is 11.7 Å². The maximum atomic E-state index is 11.6. The fourth-order valence-electron chi connectivity index (χ4n) is 2.53. The van der Waals surface area contributed by atoms with Gasteiger partial charge < -0.3 is 9.84 Å². The topological polar surface area (TPSA) is 68.0 Å². The maximum Gasteiger partial charge on any atom is 0.235 e. The molecule has 1 aromatic heterocycles. The zero-order valence-corrected chi connectivity index (χ0v) is 11.3. The number of nitrogens with one attached hydrogen (secondary N) is 1. The third-order valence-electron chi connectivity index (χ3n) is 3.41. The Kier molecular flexibility index (Phi) is 4.22. The molecule has 1 aromatic rings. The molecule has 0 radical (unpaired) electrons. The fraction of sp³-hybridized carbons (Fsp3) is 0.750. The number of rotatable bonds is 3. The predicted molar refractivity (Wildman–Crippen MR) is 67.3 cm³/mol. The van der Waals surface area contributed by atoms with Crippen molar-refractivity contribution in [3.63, 3.8) is 0 Å². The molecule has 1 fully saturated rings. The first-order valence-electron chi connectivity index (χ1n) is 6.34. The Balaban J connectivity index is 2.28. The number of aromatic nitrogens is 2. The summed E-state index contributed by atoms with van der Waals surface area (Å²) in [6.45, 7) is 1.75. The normalized spacial score (nSPS) is 19.2. The first-order valence-corrected chi connectivity index (χ1v) is 6.87. The minimum atomic E-state index is -0.500. The smallest absolute Gasteiger partial charge is 0.235 e. The molecule has 6 heteroatoms. The van der Waals surface area contributed by atoms with Gasteiger partial charge in [0.25, 0.3) is 0 Å². The summed E-state index contributed by atoms with van der Waals surface area (Å²) in [5.74, 6) is 0.883. The Morgan fingerprint density at radius 1 is 1.39 bits per heavy atom. The molecule has 0 spiro atoms. The largest absolute Gasteiger partial charge is 0.342 e. The average Bonchev–Trinajstić information content (AvgIpc) is 2.67. The van der Waals surface area contributed by atoms with Crippen LogP contribution in [-0.2, 0) is 10.3 Å². The number of alkyl halides is 1. The summed E-state index contributed by atoms with van der Waals surface area (Å²) in [4.78, 5) is 15.9. The van der Waals surface area contributed by atoms with Crippen LogP contribution in [0.5, 0.6) is 0 Å². The average molecular weight is 272 g/mol. The Bertz CT molecular complexity index is 411. The summed E-state index contributed by atoms with van der Waals surface area (Å²) in [7, 11) is 0. The molecule has 2 rings (SSSR count). The first-order chi connectivity index (χ1) is 8.66. The number of hydrogen-bond donors (Lipinski definition) is 1. The number of halogens is 1. The third kappa shape index (κ3) is 2.83. The molecule has 0 saturated heterocycles. The van der Waals surface area contributed by atoms with Gasteiger partial charge in [0.1, 0.15) is 11.4 Å². The van der Waals surface area contributed by atoms with Crippen LogP contribution >= 0.6 is 11.6 Å². The maximum absolute atomic E-state index is 11.6. The number of aryl methyl sites for hydroxylation is 1. The Morgan fingerprint density at radius 2 is 2.06 bits per heavy atom. The van der Waals surface area contributed by atoms with Gasteiger partial charge in [-0.2, -0.15) is 4.98 Å². The first kappa shape index (κ1) is 13.3. The van der Waals surface area contributed by atoms with Gasteiger partial charge >= 0.3 is 0 Å². The van der Waals surface area contributed by atoms with Crippen LogP contribution in [0.3, 0.4) is 0 Å². The second-order valence-corrected chi connectivity index (χ2v) is 5.08. The molecule has 0 bridgehead atoms. The van der Waals surface area contributed by atoms with Gasteiger partial charge in [0.05, 0.1) is 0 Å². The molecular formula is C12H18ClN3O2. The van der Waals surface area contributed by atoms with Crippen LogP contribution in [0.2, 0.25) is 0 Å². The third-order valence-corrected chi connectivity index (χ3v) is 3.66. The molecule has 1 aliphatic carbocycles. The van der Waals surface area contributed by atoms with E-state index in [1.54, 1.807) is 6.92 Å². The van der Waals surface area contributed by atoms with Crippen molar-refractivity contribution in [3.8, 4) is 0 Å². The lowest BCUT2D eigenvalue weighted by molar-refractivity contribution is -0.121. The van der Waals surface area contributed by atoms with Gasteiger partial charge in [-0.1, -0.05) is 30.8 Å². The van der Waals surface area contributed by atoms with Gasteiger partial charge in [0.2, 0.25) is 11.8 Å². The van der Waals surface area contributed by atoms with E-state index in [0.717, 1.165) is 25.7 Å². The summed E-state index contributed by atoms with van der Waals surface area (Å²) in [5.41, 5.74) is -0.500. The van der Waals surface area contributed by atoms with Gasteiger partial charge in [-0.05, 0) is 12.8 Å². The minimum absolute atomic E-state index is 0.0431. The highest BCUT2D eigenvalue weighted by Gasteiger charge is 2.38. The van der Waals surface area contributed by atoms with Crippen molar-refractivity contribution in [2.45, 2.75) is 51.0 Å². The standard InChI is InChI=1S/C12H18ClN3O2/c1-9-14-11(16-18-9)12(15-10(17)8-13)6-4-2-3-5-7-12/h2-8H2,1H3,(H,15,17). The van der Waals surface area contributed by atoms with E-state index in [4.69, 9.17) is 16.1 Å². The van der Waals surface area contributed by atoms with Crippen molar-refractivity contribution in [2.75, 3.05) is 5.88 Å². The van der Waals surface area contributed by atoms with Crippen molar-refractivity contribution < 1.29 is 9.32 Å². The SMILES string of the molecule is Cc1nc(C2(NC(=O)CCl)CCCCCC2)no1. The van der Waals surface area contributed by atoms with Gasteiger partial charge in [-0.15, -0.1) is 11.6 Å². The van der Waals surface area contributed by atoms with Crippen LogP contribution in [0, 0.1) is 6.92 Å². The summed E-state index contributed by atoms with van der Waals surface area (Å²) < 4.78 is 5.05. The summed E-state index contributed by atoms with van der Waals surface area (Å²) in [6, 6.07) is 0. The number of carbonyl (C=O) groups excluding carboxylic acids is 1. The van der Waals surface area contributed by atoms with Crippen molar-refractivity contribution in [1.82, 2.24) is 15.5 Å². The molecule has 1 amide bonds. The van der Waals surface area contributed by atoms with E-state index in [9.17, 15) is 4.79 Å². The molecule has 0 aromatic carbocycles. The second kappa shape index (κ2) is 5.69. The van der Waals surface area contributed by atoms with Crippen LogP contribution in [0.25, 0.3) is 0 Å². The monoisotopic (exact) mass is 271 g/mol. The molecule has 100 valence electrons. The van der Waals surface area contributed by atoms with E-state index in [1.807, 2.05) is 0 Å². The van der Waals surface area contributed by atoms with Crippen LogP contribution in [0.4, 0.5) is 0 Å². The zero-order chi connectivity index (χ0) is 13.0. The van der Waals surface area contributed by atoms with Crippen LogP contribution in [0.15, 0.2) is 4.52 Å². The van der Waals surface area contributed by atoms with Crippen molar-refractivity contribution in [2.24, 2.45) is 0 Å². The van der Waals surface area contributed by atoms with Gasteiger partial charge in [0.15, 0.2) is 5.82 Å².